The second kappa shape index (κ2) is 12.3. The number of allylic oxidation sites excluding steroid dienone is 2. The molecule has 0 radical (unpaired) electrons. The van der Waals surface area contributed by atoms with E-state index >= 15 is 0 Å². The van der Waals surface area contributed by atoms with E-state index in [0.717, 1.165) is 32.1 Å². The van der Waals surface area contributed by atoms with Gasteiger partial charge in [0.1, 0.15) is 5.75 Å². The van der Waals surface area contributed by atoms with Crippen molar-refractivity contribution in [3.8, 4) is 29.4 Å². The minimum absolute atomic E-state index is 0.116. The molecule has 0 amide bonds. The van der Waals surface area contributed by atoms with Crippen LogP contribution in [-0.4, -0.2) is 12.2 Å². The predicted molar refractivity (Wildman–Crippen MR) is 168 cm³/mol. The molecule has 0 saturated carbocycles. The zero-order chi connectivity index (χ0) is 26.5. The first-order chi connectivity index (χ1) is 18.6. The van der Waals surface area contributed by atoms with Crippen LogP contribution in [0, 0.1) is 23.7 Å². The van der Waals surface area contributed by atoms with Gasteiger partial charge in [0, 0.05) is 20.3 Å². The number of hydrogen-bond donors (Lipinski definition) is 1. The molecule has 0 unspecified atom stereocenters. The Balaban J connectivity index is 1.51. The summed E-state index contributed by atoms with van der Waals surface area (Å²) >= 11 is 7.20. The number of aliphatic hydroxyl groups excluding tert-OH is 1. The number of methoxy groups -OCH3 is 1. The van der Waals surface area contributed by atoms with Crippen LogP contribution in [0.2, 0.25) is 0 Å². The predicted octanol–water partition coefficient (Wildman–Crippen LogP) is 8.75. The number of ether oxygens (including phenoxy) is 1. The molecule has 3 aromatic carbocycles. The number of benzene rings is 3. The molecule has 188 valence electrons. The van der Waals surface area contributed by atoms with Crippen LogP contribution in [0.3, 0.4) is 0 Å². The van der Waals surface area contributed by atoms with Gasteiger partial charge >= 0.3 is 0 Å². The maximum absolute atomic E-state index is 10.0. The third-order valence-electron chi connectivity index (χ3n) is 5.76. The van der Waals surface area contributed by atoms with Crippen LogP contribution in [0.15, 0.2) is 91.1 Å². The maximum atomic E-state index is 10.0. The number of thioether (sulfide) groups is 4. The Morgan fingerprint density at radius 3 is 2.00 bits per heavy atom. The van der Waals surface area contributed by atoms with Crippen molar-refractivity contribution in [2.45, 2.75) is 20.5 Å². The molecule has 2 nitrogen and oxygen atoms in total. The first-order valence-electron chi connectivity index (χ1n) is 11.9. The fourth-order valence-corrected chi connectivity index (χ4v) is 9.39. The molecule has 0 fully saturated rings. The molecular weight excluding hydrogens is 545 g/mol. The quantitative estimate of drug-likeness (QED) is 0.317. The summed E-state index contributed by atoms with van der Waals surface area (Å²) in [7, 11) is 1.63. The SMILES string of the molecule is CC#Cc1cc(CO)c(C#CC2=C(c3ccccc3)S/C(=C3\SC(C)=C(c4ccccc4)S3)S2)cc1OC. The molecule has 2 aliphatic heterocycles. The van der Waals surface area contributed by atoms with Gasteiger partial charge in [0.05, 0.1) is 32.7 Å². The zero-order valence-corrected chi connectivity index (χ0v) is 24.4. The highest BCUT2D eigenvalue weighted by Gasteiger charge is 2.29. The minimum Gasteiger partial charge on any atom is -0.495 e. The smallest absolute Gasteiger partial charge is 0.135 e. The molecule has 5 rings (SSSR count). The molecule has 1 N–H and O–H groups in total. The Hall–Kier alpha value is -2.84. The van der Waals surface area contributed by atoms with E-state index < -0.39 is 0 Å². The molecule has 0 atom stereocenters. The second-order valence-electron chi connectivity index (χ2n) is 8.25. The Kier molecular flexibility index (Phi) is 8.69. The van der Waals surface area contributed by atoms with E-state index in [0.29, 0.717) is 5.75 Å². The lowest BCUT2D eigenvalue weighted by Crippen LogP contribution is -1.96. The molecule has 0 saturated heterocycles. The van der Waals surface area contributed by atoms with Crippen molar-refractivity contribution in [2.24, 2.45) is 0 Å². The van der Waals surface area contributed by atoms with Gasteiger partial charge in [-0.1, -0.05) is 125 Å². The van der Waals surface area contributed by atoms with Crippen molar-refractivity contribution >= 4 is 56.9 Å². The standard InChI is InChI=1S/C32H24O2S4/c1-4-11-25-18-26(20-33)24(19-27(25)34-3)16-17-28-30(23-14-9-6-10-15-23)38-32(36-28)31-35-21(2)29(37-31)22-12-7-5-8-13-22/h5-10,12-15,18-19,33H,20H2,1-3H3/b32-31+. The largest absolute Gasteiger partial charge is 0.495 e. The summed E-state index contributed by atoms with van der Waals surface area (Å²) < 4.78 is 8.10. The lowest BCUT2D eigenvalue weighted by molar-refractivity contribution is 0.281. The number of rotatable bonds is 4. The fourth-order valence-electron chi connectivity index (χ4n) is 3.95. The maximum Gasteiger partial charge on any atom is 0.135 e. The van der Waals surface area contributed by atoms with E-state index in [1.165, 1.54) is 23.8 Å². The van der Waals surface area contributed by atoms with Gasteiger partial charge in [-0.2, -0.15) is 0 Å². The zero-order valence-electron chi connectivity index (χ0n) is 21.1. The first-order valence-corrected chi connectivity index (χ1v) is 15.2. The third kappa shape index (κ3) is 5.76. The van der Waals surface area contributed by atoms with E-state index in [1.54, 1.807) is 37.6 Å². The summed E-state index contributed by atoms with van der Waals surface area (Å²) in [5, 5.41) is 10.0. The monoisotopic (exact) mass is 568 g/mol. The van der Waals surface area contributed by atoms with Crippen molar-refractivity contribution in [3.63, 3.8) is 0 Å². The van der Waals surface area contributed by atoms with Gasteiger partial charge in [0.25, 0.3) is 0 Å². The van der Waals surface area contributed by atoms with Crippen LogP contribution in [0.4, 0.5) is 0 Å². The van der Waals surface area contributed by atoms with Gasteiger partial charge in [-0.25, -0.2) is 0 Å². The van der Waals surface area contributed by atoms with Crippen LogP contribution in [-0.2, 0) is 6.61 Å². The van der Waals surface area contributed by atoms with E-state index in [1.807, 2.05) is 41.7 Å². The van der Waals surface area contributed by atoms with Crippen molar-refractivity contribution in [3.05, 3.63) is 119 Å². The van der Waals surface area contributed by atoms with Gasteiger partial charge in [-0.3, -0.25) is 0 Å². The minimum atomic E-state index is -0.116. The highest BCUT2D eigenvalue weighted by Crippen LogP contribution is 2.63. The summed E-state index contributed by atoms with van der Waals surface area (Å²) in [5.41, 5.74) is 4.63. The summed E-state index contributed by atoms with van der Waals surface area (Å²) in [6, 6.07) is 24.7. The van der Waals surface area contributed by atoms with Crippen LogP contribution >= 0.6 is 47.0 Å². The number of aliphatic hydroxyl groups is 1. The van der Waals surface area contributed by atoms with Crippen LogP contribution in [0.25, 0.3) is 9.81 Å². The van der Waals surface area contributed by atoms with Crippen molar-refractivity contribution in [1.29, 1.82) is 0 Å². The van der Waals surface area contributed by atoms with Gasteiger partial charge in [-0.05, 0) is 42.7 Å². The molecular formula is C32H24O2S4. The van der Waals surface area contributed by atoms with E-state index in [9.17, 15) is 5.11 Å². The highest BCUT2D eigenvalue weighted by molar-refractivity contribution is 8.37. The van der Waals surface area contributed by atoms with Crippen molar-refractivity contribution in [2.75, 3.05) is 7.11 Å². The lowest BCUT2D eigenvalue weighted by atomic mass is 10.0. The van der Waals surface area contributed by atoms with Crippen LogP contribution in [0.1, 0.15) is 41.7 Å². The average Bonchev–Trinajstić information content (AvgIpc) is 3.56. The van der Waals surface area contributed by atoms with Crippen molar-refractivity contribution in [1.82, 2.24) is 0 Å². The van der Waals surface area contributed by atoms with E-state index in [2.05, 4.69) is 85.2 Å². The molecule has 2 aliphatic rings. The second-order valence-corrected chi connectivity index (χ2v) is 13.1. The molecule has 0 aliphatic carbocycles. The third-order valence-corrected chi connectivity index (χ3v) is 11.5. The average molecular weight is 569 g/mol. The summed E-state index contributed by atoms with van der Waals surface area (Å²) in [6.07, 6.45) is 0. The summed E-state index contributed by atoms with van der Waals surface area (Å²) in [5.74, 6) is 13.4. The molecule has 6 heteroatoms. The summed E-state index contributed by atoms with van der Waals surface area (Å²) in [4.78, 5) is 4.80. The Labute approximate surface area is 241 Å². The van der Waals surface area contributed by atoms with Crippen LogP contribution in [0.5, 0.6) is 5.75 Å². The molecule has 0 bridgehead atoms. The number of hydrogen-bond acceptors (Lipinski definition) is 6. The van der Waals surface area contributed by atoms with E-state index in [-0.39, 0.29) is 6.61 Å². The lowest BCUT2D eigenvalue weighted by Gasteiger charge is -2.08. The van der Waals surface area contributed by atoms with Gasteiger partial charge in [-0.15, -0.1) is 5.92 Å². The molecule has 2 heterocycles. The molecule has 0 spiro atoms. The Bertz CT molecular complexity index is 1600. The van der Waals surface area contributed by atoms with Gasteiger partial charge < -0.3 is 9.84 Å². The fraction of sp³-hybridized carbons (Fsp3) is 0.125. The normalized spacial score (nSPS) is 16.7. The highest BCUT2D eigenvalue weighted by atomic mass is 32.2. The molecule has 38 heavy (non-hydrogen) atoms. The first kappa shape index (κ1) is 26.8. The van der Waals surface area contributed by atoms with E-state index in [4.69, 9.17) is 4.74 Å². The Morgan fingerprint density at radius 1 is 0.737 bits per heavy atom. The molecule has 3 aromatic rings. The van der Waals surface area contributed by atoms with Crippen molar-refractivity contribution < 1.29 is 9.84 Å². The summed E-state index contributed by atoms with van der Waals surface area (Å²) in [6.45, 7) is 3.86. The van der Waals surface area contributed by atoms with Gasteiger partial charge in [0.2, 0.25) is 0 Å². The Morgan fingerprint density at radius 2 is 1.37 bits per heavy atom. The molecule has 0 aromatic heterocycles. The van der Waals surface area contributed by atoms with Gasteiger partial charge in [0.15, 0.2) is 0 Å². The van der Waals surface area contributed by atoms with Crippen LogP contribution < -0.4 is 4.74 Å². The topological polar surface area (TPSA) is 29.5 Å².